The number of nitrogens with one attached hydrogen (secondary N) is 1. The summed E-state index contributed by atoms with van der Waals surface area (Å²) in [6, 6.07) is 14.6. The predicted octanol–water partition coefficient (Wildman–Crippen LogP) is 2.98. The fourth-order valence-electron chi connectivity index (χ4n) is 4.22. The summed E-state index contributed by atoms with van der Waals surface area (Å²) < 4.78 is 0. The van der Waals surface area contributed by atoms with Crippen molar-refractivity contribution >= 4 is 11.7 Å². The zero-order valence-corrected chi connectivity index (χ0v) is 16.5. The molecule has 28 heavy (non-hydrogen) atoms. The van der Waals surface area contributed by atoms with Gasteiger partial charge in [0.05, 0.1) is 5.56 Å². The van der Waals surface area contributed by atoms with E-state index in [9.17, 15) is 4.79 Å². The first-order chi connectivity index (χ1) is 13.8. The molecule has 5 nitrogen and oxygen atoms in total. The van der Waals surface area contributed by atoms with Gasteiger partial charge in [-0.3, -0.25) is 4.79 Å². The van der Waals surface area contributed by atoms with Gasteiger partial charge in [0.15, 0.2) is 0 Å². The molecule has 0 radical (unpaired) electrons. The van der Waals surface area contributed by atoms with Gasteiger partial charge in [-0.05, 0) is 49.3 Å². The first kappa shape index (κ1) is 18.9. The van der Waals surface area contributed by atoms with Crippen molar-refractivity contribution in [1.29, 1.82) is 0 Å². The first-order valence-electron chi connectivity index (χ1n) is 10.5. The monoisotopic (exact) mass is 378 g/mol. The number of piperazine rings is 1. The fraction of sp³-hybridized carbons (Fsp3) is 0.478. The maximum atomic E-state index is 12.8. The predicted molar refractivity (Wildman–Crippen MR) is 113 cm³/mol. The molecule has 3 heterocycles. The smallest absolute Gasteiger partial charge is 0.255 e. The fourth-order valence-corrected chi connectivity index (χ4v) is 4.22. The molecular weight excluding hydrogens is 348 g/mol. The van der Waals surface area contributed by atoms with E-state index < -0.39 is 0 Å². The number of likely N-dealkylation sites (tertiary alicyclic amines) is 1. The highest BCUT2D eigenvalue weighted by atomic mass is 16.2. The Morgan fingerprint density at radius 2 is 1.75 bits per heavy atom. The number of pyridine rings is 1. The van der Waals surface area contributed by atoms with Gasteiger partial charge in [0.1, 0.15) is 5.82 Å². The second-order valence-corrected chi connectivity index (χ2v) is 7.90. The number of rotatable bonds is 5. The van der Waals surface area contributed by atoms with Crippen molar-refractivity contribution < 1.29 is 4.79 Å². The summed E-state index contributed by atoms with van der Waals surface area (Å²) in [4.78, 5) is 21.6. The van der Waals surface area contributed by atoms with E-state index in [1.165, 1.54) is 12.0 Å². The molecule has 0 spiro atoms. The van der Waals surface area contributed by atoms with Gasteiger partial charge in [-0.25, -0.2) is 4.98 Å². The van der Waals surface area contributed by atoms with Gasteiger partial charge in [0.25, 0.3) is 5.91 Å². The third kappa shape index (κ3) is 4.71. The molecule has 5 heteroatoms. The van der Waals surface area contributed by atoms with Crippen LogP contribution in [0.2, 0.25) is 0 Å². The van der Waals surface area contributed by atoms with E-state index in [0.29, 0.717) is 5.56 Å². The molecule has 1 N–H and O–H groups in total. The number of benzene rings is 1. The standard InChI is InChI=1S/C23H30N4O/c28-23(21-8-9-22(25-18-21)26-16-12-24-13-17-26)27-14-10-20(11-15-27)7-6-19-4-2-1-3-5-19/h1-5,8-9,18,20,24H,6-7,10-17H2. The molecular formula is C23H30N4O. The zero-order valence-electron chi connectivity index (χ0n) is 16.5. The Morgan fingerprint density at radius 3 is 2.43 bits per heavy atom. The summed E-state index contributed by atoms with van der Waals surface area (Å²) in [7, 11) is 0. The lowest BCUT2D eigenvalue weighted by Crippen LogP contribution is -2.44. The van der Waals surface area contributed by atoms with Gasteiger partial charge in [-0.1, -0.05) is 30.3 Å². The van der Waals surface area contributed by atoms with E-state index in [0.717, 1.165) is 70.3 Å². The van der Waals surface area contributed by atoms with E-state index in [-0.39, 0.29) is 5.91 Å². The molecule has 0 bridgehead atoms. The van der Waals surface area contributed by atoms with E-state index in [1.54, 1.807) is 6.20 Å². The molecule has 1 aromatic carbocycles. The molecule has 2 saturated heterocycles. The number of amides is 1. The highest BCUT2D eigenvalue weighted by molar-refractivity contribution is 5.94. The highest BCUT2D eigenvalue weighted by Gasteiger charge is 2.24. The summed E-state index contributed by atoms with van der Waals surface area (Å²) in [6.07, 6.45) is 6.31. The molecule has 148 valence electrons. The Hall–Kier alpha value is -2.40. The van der Waals surface area contributed by atoms with Crippen LogP contribution < -0.4 is 10.2 Å². The summed E-state index contributed by atoms with van der Waals surface area (Å²) >= 11 is 0. The maximum absolute atomic E-state index is 12.8. The van der Waals surface area contributed by atoms with Gasteiger partial charge in [-0.2, -0.15) is 0 Å². The Bertz CT molecular complexity index is 748. The molecule has 1 aromatic heterocycles. The number of aryl methyl sites for hydroxylation is 1. The van der Waals surface area contributed by atoms with Crippen molar-refractivity contribution in [2.45, 2.75) is 25.7 Å². The average Bonchev–Trinajstić information content (AvgIpc) is 2.79. The van der Waals surface area contributed by atoms with E-state index >= 15 is 0 Å². The Balaban J connectivity index is 1.26. The molecule has 0 unspecified atom stereocenters. The minimum Gasteiger partial charge on any atom is -0.354 e. The van der Waals surface area contributed by atoms with Crippen LogP contribution in [-0.4, -0.2) is 55.1 Å². The third-order valence-electron chi connectivity index (χ3n) is 6.02. The molecule has 2 aliphatic heterocycles. The molecule has 0 atom stereocenters. The van der Waals surface area contributed by atoms with E-state index in [4.69, 9.17) is 0 Å². The number of hydrogen-bond donors (Lipinski definition) is 1. The van der Waals surface area contributed by atoms with Gasteiger partial charge < -0.3 is 15.1 Å². The molecule has 2 fully saturated rings. The van der Waals surface area contributed by atoms with E-state index in [2.05, 4.69) is 45.5 Å². The number of carbonyl (C=O) groups is 1. The summed E-state index contributed by atoms with van der Waals surface area (Å²) in [5.41, 5.74) is 2.12. The Kier molecular flexibility index (Phi) is 6.22. The minimum absolute atomic E-state index is 0.126. The molecule has 4 rings (SSSR count). The van der Waals surface area contributed by atoms with Crippen LogP contribution in [0.1, 0.15) is 35.2 Å². The summed E-state index contributed by atoms with van der Waals surface area (Å²) in [6.45, 7) is 5.63. The largest absolute Gasteiger partial charge is 0.354 e. The highest BCUT2D eigenvalue weighted by Crippen LogP contribution is 2.24. The quantitative estimate of drug-likeness (QED) is 0.869. The maximum Gasteiger partial charge on any atom is 0.255 e. The van der Waals surface area contributed by atoms with Crippen LogP contribution in [0, 0.1) is 5.92 Å². The lowest BCUT2D eigenvalue weighted by molar-refractivity contribution is 0.0686. The lowest BCUT2D eigenvalue weighted by atomic mass is 9.90. The normalized spacial score (nSPS) is 18.3. The molecule has 0 aliphatic carbocycles. The zero-order chi connectivity index (χ0) is 19.2. The minimum atomic E-state index is 0.126. The van der Waals surface area contributed by atoms with Crippen LogP contribution in [-0.2, 0) is 6.42 Å². The van der Waals surface area contributed by atoms with Crippen LogP contribution in [0.15, 0.2) is 48.7 Å². The second-order valence-electron chi connectivity index (χ2n) is 7.90. The van der Waals surface area contributed by atoms with Crippen LogP contribution in [0.25, 0.3) is 0 Å². The van der Waals surface area contributed by atoms with Crippen LogP contribution in [0.3, 0.4) is 0 Å². The summed E-state index contributed by atoms with van der Waals surface area (Å²) in [5.74, 6) is 1.82. The van der Waals surface area contributed by atoms with Crippen LogP contribution in [0.5, 0.6) is 0 Å². The van der Waals surface area contributed by atoms with Crippen LogP contribution in [0.4, 0.5) is 5.82 Å². The number of piperidine rings is 1. The topological polar surface area (TPSA) is 48.5 Å². The van der Waals surface area contributed by atoms with Crippen molar-refractivity contribution in [3.05, 3.63) is 59.8 Å². The van der Waals surface area contributed by atoms with Crippen molar-refractivity contribution in [1.82, 2.24) is 15.2 Å². The van der Waals surface area contributed by atoms with Gasteiger partial charge in [0, 0.05) is 45.5 Å². The second kappa shape index (κ2) is 9.20. The molecule has 2 aliphatic rings. The average molecular weight is 379 g/mol. The molecule has 2 aromatic rings. The molecule has 0 saturated carbocycles. The van der Waals surface area contributed by atoms with Crippen molar-refractivity contribution in [3.63, 3.8) is 0 Å². The van der Waals surface area contributed by atoms with Crippen molar-refractivity contribution in [2.24, 2.45) is 5.92 Å². The Labute approximate surface area is 167 Å². The van der Waals surface area contributed by atoms with Gasteiger partial charge >= 0.3 is 0 Å². The van der Waals surface area contributed by atoms with Gasteiger partial charge in [-0.15, -0.1) is 0 Å². The Morgan fingerprint density at radius 1 is 1.00 bits per heavy atom. The number of aromatic nitrogens is 1. The number of carbonyl (C=O) groups excluding carboxylic acids is 1. The molecule has 1 amide bonds. The lowest BCUT2D eigenvalue weighted by Gasteiger charge is -2.32. The third-order valence-corrected chi connectivity index (χ3v) is 6.02. The summed E-state index contributed by atoms with van der Waals surface area (Å²) in [5, 5.41) is 3.35. The van der Waals surface area contributed by atoms with Crippen LogP contribution >= 0.6 is 0 Å². The number of anilines is 1. The number of nitrogens with zero attached hydrogens (tertiary/aromatic N) is 3. The van der Waals surface area contributed by atoms with Crippen molar-refractivity contribution in [3.8, 4) is 0 Å². The SMILES string of the molecule is O=C(c1ccc(N2CCNCC2)nc1)N1CCC(CCc2ccccc2)CC1. The van der Waals surface area contributed by atoms with E-state index in [1.807, 2.05) is 17.0 Å². The number of hydrogen-bond acceptors (Lipinski definition) is 4. The van der Waals surface area contributed by atoms with Crippen molar-refractivity contribution in [2.75, 3.05) is 44.2 Å². The van der Waals surface area contributed by atoms with Gasteiger partial charge in [0.2, 0.25) is 0 Å². The first-order valence-corrected chi connectivity index (χ1v) is 10.5.